The summed E-state index contributed by atoms with van der Waals surface area (Å²) in [6, 6.07) is 3.04. The van der Waals surface area contributed by atoms with Crippen molar-refractivity contribution in [3.63, 3.8) is 0 Å². The van der Waals surface area contributed by atoms with Crippen LogP contribution in [0.1, 0.15) is 38.5 Å². The van der Waals surface area contributed by atoms with Crippen molar-refractivity contribution in [3.05, 3.63) is 33.7 Å². The van der Waals surface area contributed by atoms with Crippen LogP contribution in [0.4, 0.5) is 0 Å². The first-order chi connectivity index (χ1) is 17.3. The Kier molecular flexibility index (Phi) is 10.5. The van der Waals surface area contributed by atoms with Crippen LogP contribution in [-0.4, -0.2) is 72.8 Å². The van der Waals surface area contributed by atoms with Crippen LogP contribution in [0.15, 0.2) is 28.8 Å². The summed E-state index contributed by atoms with van der Waals surface area (Å²) < 4.78 is 10.4. The maximum absolute atomic E-state index is 13.2. The number of methoxy groups -OCH3 is 1. The molecular weight excluding hydrogens is 561 g/mol. The number of amides is 2. The minimum atomic E-state index is -1.86. The van der Waals surface area contributed by atoms with E-state index >= 15 is 0 Å². The molecule has 2 aliphatic heterocycles. The van der Waals surface area contributed by atoms with E-state index in [1.165, 1.54) is 50.9 Å². The van der Waals surface area contributed by atoms with E-state index < -0.39 is 36.6 Å². The molecule has 1 aromatic rings. The van der Waals surface area contributed by atoms with Gasteiger partial charge < -0.3 is 0 Å². The van der Waals surface area contributed by atoms with Gasteiger partial charge in [-0.25, -0.2) is 0 Å². The standard InChI is InChI=1S/C25H36GeN2O6S2/c1-5-26(6-2,7-3)11-9-12-34-25(32)22-17(14-20(30)33-4)16-36-24-21(23(31)28(22)24)27-19(29)15-18-10-8-13-35-18/h8,10,13,21,24H,5-7,9,11-12,14-16H2,1-4H3,(H,27,29)/t21-,24-/m0/s1. The number of thioether (sulfide) groups is 1. The molecule has 8 nitrogen and oxygen atoms in total. The summed E-state index contributed by atoms with van der Waals surface area (Å²) in [5.41, 5.74) is 0.652. The summed E-state index contributed by atoms with van der Waals surface area (Å²) in [4.78, 5) is 53.0. The van der Waals surface area contributed by atoms with Crippen LogP contribution in [0, 0.1) is 0 Å². The van der Waals surface area contributed by atoms with Gasteiger partial charge >= 0.3 is 191 Å². The van der Waals surface area contributed by atoms with Crippen LogP contribution in [0.2, 0.25) is 21.0 Å². The van der Waals surface area contributed by atoms with Crippen molar-refractivity contribution in [2.75, 3.05) is 19.5 Å². The zero-order chi connectivity index (χ0) is 26.3. The zero-order valence-corrected chi connectivity index (χ0v) is 25.2. The predicted molar refractivity (Wildman–Crippen MR) is 144 cm³/mol. The minimum absolute atomic E-state index is 0.0835. The van der Waals surface area contributed by atoms with Crippen LogP contribution in [0.25, 0.3) is 0 Å². The molecule has 36 heavy (non-hydrogen) atoms. The Balaban J connectivity index is 1.67. The summed E-state index contributed by atoms with van der Waals surface area (Å²) in [5.74, 6) is -1.28. The van der Waals surface area contributed by atoms with Crippen LogP contribution in [0.5, 0.6) is 0 Å². The average Bonchev–Trinajstić information content (AvgIpc) is 3.40. The number of nitrogens with zero attached hydrogens (tertiary/aromatic N) is 1. The summed E-state index contributed by atoms with van der Waals surface area (Å²) in [6.07, 6.45) is 0.935. The van der Waals surface area contributed by atoms with Gasteiger partial charge in [-0.2, -0.15) is 0 Å². The fourth-order valence-corrected chi connectivity index (χ4v) is 14.1. The van der Waals surface area contributed by atoms with Crippen LogP contribution >= 0.6 is 23.1 Å². The number of hydrogen-bond acceptors (Lipinski definition) is 8. The maximum atomic E-state index is 13.2. The number of ether oxygens (including phenoxy) is 2. The Labute approximate surface area is 223 Å². The van der Waals surface area contributed by atoms with E-state index in [-0.39, 0.29) is 30.4 Å². The topological polar surface area (TPSA) is 102 Å². The van der Waals surface area contributed by atoms with Gasteiger partial charge in [0.1, 0.15) is 0 Å². The van der Waals surface area contributed by atoms with E-state index in [0.717, 1.165) is 16.6 Å². The molecule has 1 aromatic heterocycles. The molecule has 1 N–H and O–H groups in total. The summed E-state index contributed by atoms with van der Waals surface area (Å²) >= 11 is 1.05. The van der Waals surface area contributed by atoms with Crippen LogP contribution < -0.4 is 5.32 Å². The van der Waals surface area contributed by atoms with E-state index in [0.29, 0.717) is 17.9 Å². The Morgan fingerprint density at radius 2 is 1.89 bits per heavy atom. The number of rotatable bonds is 13. The number of thiophene rings is 1. The molecule has 2 atom stereocenters. The quantitative estimate of drug-likeness (QED) is 0.159. The second kappa shape index (κ2) is 13.1. The number of carbonyl (C=O) groups excluding carboxylic acids is 4. The third kappa shape index (κ3) is 6.55. The van der Waals surface area contributed by atoms with E-state index in [4.69, 9.17) is 9.47 Å². The van der Waals surface area contributed by atoms with Crippen LogP contribution in [-0.2, 0) is 35.1 Å². The van der Waals surface area contributed by atoms with E-state index in [9.17, 15) is 19.2 Å². The third-order valence-corrected chi connectivity index (χ3v) is 22.0. The second-order valence-electron chi connectivity index (χ2n) is 9.22. The predicted octanol–water partition coefficient (Wildman–Crippen LogP) is 3.95. The van der Waals surface area contributed by atoms with Crippen molar-refractivity contribution in [1.82, 2.24) is 10.2 Å². The molecule has 3 heterocycles. The molecule has 1 fully saturated rings. The molecule has 0 aromatic carbocycles. The van der Waals surface area contributed by atoms with Gasteiger partial charge in [-0.05, 0) is 11.4 Å². The van der Waals surface area contributed by atoms with Crippen LogP contribution in [0.3, 0.4) is 0 Å². The fraction of sp³-hybridized carbons (Fsp3) is 0.600. The van der Waals surface area contributed by atoms with Crippen molar-refractivity contribution in [1.29, 1.82) is 0 Å². The molecule has 1 saturated heterocycles. The molecule has 0 aliphatic carbocycles. The van der Waals surface area contributed by atoms with Gasteiger partial charge in [0.05, 0.1) is 0 Å². The van der Waals surface area contributed by atoms with Gasteiger partial charge in [0, 0.05) is 4.88 Å². The van der Waals surface area contributed by atoms with E-state index in [1.807, 2.05) is 17.5 Å². The number of β-lactam (4-membered cyclic amide) rings is 1. The van der Waals surface area contributed by atoms with Gasteiger partial charge in [-0.15, -0.1) is 11.3 Å². The Bertz CT molecular complexity index is 984. The molecule has 0 radical (unpaired) electrons. The second-order valence-corrected chi connectivity index (χ2v) is 23.1. The molecule has 11 heteroatoms. The Hall–Kier alpha value is -1.79. The van der Waals surface area contributed by atoms with Gasteiger partial charge in [-0.1, -0.05) is 6.07 Å². The number of nitrogens with one attached hydrogen (secondary N) is 1. The molecule has 0 spiro atoms. The van der Waals surface area contributed by atoms with Crippen molar-refractivity contribution >= 4 is 60.1 Å². The Morgan fingerprint density at radius 1 is 1.17 bits per heavy atom. The molecule has 0 unspecified atom stereocenters. The molecule has 0 saturated carbocycles. The summed E-state index contributed by atoms with van der Waals surface area (Å²) in [5, 5.41) is 9.23. The van der Waals surface area contributed by atoms with E-state index in [1.54, 1.807) is 0 Å². The van der Waals surface area contributed by atoms with Crippen molar-refractivity contribution in [2.45, 2.75) is 72.5 Å². The summed E-state index contributed by atoms with van der Waals surface area (Å²) in [7, 11) is 1.29. The molecule has 2 amide bonds. The molecule has 198 valence electrons. The molecular formula is C25H36GeN2O6S2. The number of esters is 2. The number of hydrogen-bond donors (Lipinski definition) is 1. The average molecular weight is 597 g/mol. The first kappa shape index (κ1) is 28.8. The molecule has 0 bridgehead atoms. The summed E-state index contributed by atoms with van der Waals surface area (Å²) in [6.45, 7) is 7.11. The number of fused-ring (bicyclic) bond motifs is 1. The SMILES string of the molecule is C[CH2][Ge]([CH2]C)([CH2]C)[CH2]CCOC(=O)C1=C(CC(=O)OC)CS[C@H]2[C@@H](NC(=O)Cc3cccs3)C(=O)N12. The first-order valence-electron chi connectivity index (χ1n) is 12.5. The Morgan fingerprint density at radius 3 is 2.50 bits per heavy atom. The fourth-order valence-electron chi connectivity index (χ4n) is 4.81. The third-order valence-electron chi connectivity index (χ3n) is 7.39. The first-order valence-corrected chi connectivity index (χ1v) is 20.4. The van der Waals surface area contributed by atoms with Crippen molar-refractivity contribution < 1.29 is 28.7 Å². The van der Waals surface area contributed by atoms with Crippen molar-refractivity contribution in [2.24, 2.45) is 0 Å². The monoisotopic (exact) mass is 598 g/mol. The van der Waals surface area contributed by atoms with Gasteiger partial charge in [0.15, 0.2) is 0 Å². The van der Waals surface area contributed by atoms with Gasteiger partial charge in [0.2, 0.25) is 0 Å². The van der Waals surface area contributed by atoms with Crippen molar-refractivity contribution in [3.8, 4) is 0 Å². The number of carbonyl (C=O) groups is 4. The van der Waals surface area contributed by atoms with E-state index in [2.05, 4.69) is 26.1 Å². The molecule has 2 aliphatic rings. The normalized spacial score (nSPS) is 19.4. The molecule has 3 rings (SSSR count). The van der Waals surface area contributed by atoms with Gasteiger partial charge in [-0.3, -0.25) is 0 Å². The zero-order valence-electron chi connectivity index (χ0n) is 21.5. The van der Waals surface area contributed by atoms with Gasteiger partial charge in [0.25, 0.3) is 0 Å².